The van der Waals surface area contributed by atoms with Gasteiger partial charge in [0.1, 0.15) is 24.2 Å². The highest BCUT2D eigenvalue weighted by atomic mass is 123. The Morgan fingerprint density at radius 3 is 2.44 bits per heavy atom. The van der Waals surface area contributed by atoms with E-state index in [4.69, 9.17) is 21.1 Å². The van der Waals surface area contributed by atoms with Crippen molar-refractivity contribution in [2.24, 2.45) is 5.92 Å². The number of benzene rings is 2. The van der Waals surface area contributed by atoms with Crippen LogP contribution in [0.2, 0.25) is 0 Å². The van der Waals surface area contributed by atoms with Gasteiger partial charge in [-0.05, 0) is 58.0 Å². The molecule has 34 heavy (non-hydrogen) atoms. The predicted molar refractivity (Wildman–Crippen MR) is 141 cm³/mol. The molecule has 2 unspecified atom stereocenters. The van der Waals surface area contributed by atoms with Crippen molar-refractivity contribution in [2.45, 2.75) is 45.4 Å². The lowest BCUT2D eigenvalue weighted by Crippen LogP contribution is -2.25. The van der Waals surface area contributed by atoms with E-state index in [1.54, 1.807) is 0 Å². The molecule has 184 valence electrons. The number of halogens is 2. The van der Waals surface area contributed by atoms with Crippen molar-refractivity contribution in [2.75, 3.05) is 19.1 Å². The standard InChI is InChI=1S/C25H31ClIN3O4/c1-17(11-26)15-34-24-9-6-19(10-23(24)27)25(2,3)18-4-7-22(8-5-18)33-16-21(32)13-30-20(14-31)12-28-29-30/h4-10,12,17,21,31-32H,11,13-16H2,1-3H3/i27-4. The molecule has 0 fully saturated rings. The summed E-state index contributed by atoms with van der Waals surface area (Å²) in [6, 6.07) is 14.2. The summed E-state index contributed by atoms with van der Waals surface area (Å²) in [6.45, 7) is 7.16. The maximum absolute atomic E-state index is 10.3. The molecule has 0 saturated heterocycles. The fourth-order valence-corrected chi connectivity index (χ4v) is 4.18. The number of nitrogens with zero attached hydrogens (tertiary/aromatic N) is 3. The molecule has 0 aliphatic carbocycles. The van der Waals surface area contributed by atoms with Gasteiger partial charge in [0.2, 0.25) is 0 Å². The van der Waals surface area contributed by atoms with Gasteiger partial charge in [0.25, 0.3) is 0 Å². The van der Waals surface area contributed by atoms with Crippen molar-refractivity contribution in [1.82, 2.24) is 15.0 Å². The summed E-state index contributed by atoms with van der Waals surface area (Å²) in [5.74, 6) is 2.42. The molecule has 0 radical (unpaired) electrons. The van der Waals surface area contributed by atoms with Gasteiger partial charge >= 0.3 is 0 Å². The van der Waals surface area contributed by atoms with Gasteiger partial charge in [0.15, 0.2) is 0 Å². The number of rotatable bonds is 12. The lowest BCUT2D eigenvalue weighted by molar-refractivity contribution is 0.0866. The Bertz CT molecular complexity index is 1060. The second kappa shape index (κ2) is 12.2. The zero-order valence-electron chi connectivity index (χ0n) is 19.6. The van der Waals surface area contributed by atoms with Crippen LogP contribution in [0.1, 0.15) is 37.6 Å². The van der Waals surface area contributed by atoms with Crippen LogP contribution in [-0.2, 0) is 18.6 Å². The molecular formula is C25H31ClIN3O4. The molecule has 0 aliphatic heterocycles. The Kier molecular flexibility index (Phi) is 9.58. The topological polar surface area (TPSA) is 89.6 Å². The summed E-state index contributed by atoms with van der Waals surface area (Å²) in [5.41, 5.74) is 2.67. The van der Waals surface area contributed by atoms with Crippen molar-refractivity contribution in [3.63, 3.8) is 0 Å². The van der Waals surface area contributed by atoms with Gasteiger partial charge in [0, 0.05) is 17.2 Å². The minimum absolute atomic E-state index is 0.107. The number of aromatic nitrogens is 3. The maximum atomic E-state index is 10.3. The van der Waals surface area contributed by atoms with E-state index in [9.17, 15) is 10.2 Å². The first-order chi connectivity index (χ1) is 16.2. The van der Waals surface area contributed by atoms with Gasteiger partial charge < -0.3 is 19.7 Å². The molecule has 0 bridgehead atoms. The molecule has 0 amide bonds. The molecule has 1 heterocycles. The van der Waals surface area contributed by atoms with Gasteiger partial charge in [-0.15, -0.1) is 16.7 Å². The van der Waals surface area contributed by atoms with Crippen LogP contribution in [0.25, 0.3) is 0 Å². The first-order valence-corrected chi connectivity index (χ1v) is 12.7. The third-order valence-corrected chi connectivity index (χ3v) is 7.07. The number of aliphatic hydroxyl groups excluding tert-OH is 2. The van der Waals surface area contributed by atoms with E-state index in [0.717, 1.165) is 14.9 Å². The highest BCUT2D eigenvalue weighted by Gasteiger charge is 2.24. The van der Waals surface area contributed by atoms with E-state index in [1.165, 1.54) is 16.4 Å². The third kappa shape index (κ3) is 6.84. The molecule has 2 atom stereocenters. The Morgan fingerprint density at radius 1 is 1.09 bits per heavy atom. The van der Waals surface area contributed by atoms with Crippen molar-refractivity contribution >= 4 is 34.2 Å². The molecule has 9 heteroatoms. The number of hydrogen-bond donors (Lipinski definition) is 2. The van der Waals surface area contributed by atoms with Gasteiger partial charge in [-0.2, -0.15) is 0 Å². The summed E-state index contributed by atoms with van der Waals surface area (Å²) in [5, 5.41) is 27.1. The molecule has 0 spiro atoms. The summed E-state index contributed by atoms with van der Waals surface area (Å²) >= 11 is 8.19. The minimum Gasteiger partial charge on any atom is -0.492 e. The second-order valence-electron chi connectivity index (χ2n) is 8.90. The normalized spacial score (nSPS) is 13.5. The molecule has 3 aromatic rings. The lowest BCUT2D eigenvalue weighted by Gasteiger charge is -2.27. The number of alkyl halides is 1. The summed E-state index contributed by atoms with van der Waals surface area (Å²) in [4.78, 5) is 0. The average molecular weight is 596 g/mol. The number of ether oxygens (including phenoxy) is 2. The quantitative estimate of drug-likeness (QED) is 0.239. The number of hydrogen-bond acceptors (Lipinski definition) is 6. The van der Waals surface area contributed by atoms with E-state index in [1.807, 2.05) is 30.3 Å². The van der Waals surface area contributed by atoms with Crippen molar-refractivity contribution in [1.29, 1.82) is 0 Å². The molecular weight excluding hydrogens is 565 g/mol. The van der Waals surface area contributed by atoms with Crippen LogP contribution in [0.5, 0.6) is 11.5 Å². The van der Waals surface area contributed by atoms with Crippen LogP contribution < -0.4 is 9.47 Å². The van der Waals surface area contributed by atoms with Crippen LogP contribution in [-0.4, -0.2) is 50.4 Å². The molecule has 7 nitrogen and oxygen atoms in total. The summed E-state index contributed by atoms with van der Waals surface area (Å²) < 4.78 is 14.2. The van der Waals surface area contributed by atoms with Crippen molar-refractivity contribution in [3.05, 3.63) is 69.1 Å². The van der Waals surface area contributed by atoms with Crippen molar-refractivity contribution in [3.8, 4) is 11.5 Å². The smallest absolute Gasteiger partial charge is 0.132 e. The van der Waals surface area contributed by atoms with Crippen LogP contribution in [0.4, 0.5) is 0 Å². The van der Waals surface area contributed by atoms with E-state index < -0.39 is 6.10 Å². The summed E-state index contributed by atoms with van der Waals surface area (Å²) in [7, 11) is 0. The van der Waals surface area contributed by atoms with E-state index in [-0.39, 0.29) is 25.2 Å². The SMILES string of the molecule is CC(CCl)COc1ccc(C(C)(C)c2ccc(OCC(O)Cn3nncc3CO)cc2)cc1[123I]. The van der Waals surface area contributed by atoms with Gasteiger partial charge in [-0.25, -0.2) is 4.68 Å². The highest BCUT2D eigenvalue weighted by molar-refractivity contribution is 14.1. The first kappa shape index (κ1) is 26.7. The van der Waals surface area contributed by atoms with Crippen LogP contribution in [0.15, 0.2) is 48.7 Å². The van der Waals surface area contributed by atoms with E-state index in [2.05, 4.69) is 65.8 Å². The highest BCUT2D eigenvalue weighted by Crippen LogP contribution is 2.35. The number of aliphatic hydroxyl groups is 2. The zero-order valence-corrected chi connectivity index (χ0v) is 22.5. The maximum Gasteiger partial charge on any atom is 0.132 e. The average Bonchev–Trinajstić information content (AvgIpc) is 3.28. The second-order valence-corrected chi connectivity index (χ2v) is 10.4. The zero-order chi connectivity index (χ0) is 24.7. The summed E-state index contributed by atoms with van der Waals surface area (Å²) in [6.07, 6.45) is 0.691. The van der Waals surface area contributed by atoms with Gasteiger partial charge in [-0.1, -0.05) is 44.2 Å². The van der Waals surface area contributed by atoms with E-state index in [0.29, 0.717) is 29.8 Å². The Morgan fingerprint density at radius 2 is 1.79 bits per heavy atom. The fraction of sp³-hybridized carbons (Fsp3) is 0.440. The van der Waals surface area contributed by atoms with Gasteiger partial charge in [0.05, 0.1) is 35.2 Å². The molecule has 3 rings (SSSR count). The third-order valence-electron chi connectivity index (χ3n) is 5.70. The van der Waals surface area contributed by atoms with Crippen LogP contribution in [0, 0.1) is 9.49 Å². The largest absolute Gasteiger partial charge is 0.492 e. The molecule has 0 aliphatic rings. The van der Waals surface area contributed by atoms with Crippen LogP contribution in [0.3, 0.4) is 0 Å². The Hall–Kier alpha value is -1.88. The fourth-order valence-electron chi connectivity index (χ4n) is 3.42. The Balaban J connectivity index is 1.61. The van der Waals surface area contributed by atoms with E-state index >= 15 is 0 Å². The molecule has 2 aromatic carbocycles. The molecule has 2 N–H and O–H groups in total. The van der Waals surface area contributed by atoms with Crippen molar-refractivity contribution < 1.29 is 19.7 Å². The lowest BCUT2D eigenvalue weighted by atomic mass is 9.78. The van der Waals surface area contributed by atoms with Gasteiger partial charge in [-0.3, -0.25) is 0 Å². The minimum atomic E-state index is -0.779. The monoisotopic (exact) mass is 595 g/mol. The predicted octanol–water partition coefficient (Wildman–Crippen LogP) is 4.39. The first-order valence-electron chi connectivity index (χ1n) is 11.1. The molecule has 0 saturated carbocycles. The molecule has 1 aromatic heterocycles. The Labute approximate surface area is 219 Å². The van der Waals surface area contributed by atoms with Crippen LogP contribution >= 0.6 is 34.2 Å².